The number of carbonyl (C=O) groups excluding carboxylic acids is 1. The summed E-state index contributed by atoms with van der Waals surface area (Å²) < 4.78 is 0. The van der Waals surface area contributed by atoms with Crippen molar-refractivity contribution in [2.45, 2.75) is 40.2 Å². The van der Waals surface area contributed by atoms with Crippen molar-refractivity contribution in [3.8, 4) is 0 Å². The fourth-order valence-electron chi connectivity index (χ4n) is 1.08. The second-order valence-corrected chi connectivity index (χ2v) is 4.94. The zero-order chi connectivity index (χ0) is 12.2. The molecule has 88 valence electrons. The SMILES string of the molecule is CC(C(N)=NO)N(C)C(=O)CC(C)(C)C. The third kappa shape index (κ3) is 4.67. The smallest absolute Gasteiger partial charge is 0.223 e. The lowest BCUT2D eigenvalue weighted by atomic mass is 9.91. The summed E-state index contributed by atoms with van der Waals surface area (Å²) in [7, 11) is 1.65. The van der Waals surface area contributed by atoms with Crippen LogP contribution in [0.15, 0.2) is 5.16 Å². The van der Waals surface area contributed by atoms with Crippen LogP contribution in [0.1, 0.15) is 34.1 Å². The van der Waals surface area contributed by atoms with Gasteiger partial charge in [0, 0.05) is 13.5 Å². The van der Waals surface area contributed by atoms with Crippen LogP contribution in [0.5, 0.6) is 0 Å². The molecule has 3 N–H and O–H groups in total. The lowest BCUT2D eigenvalue weighted by Crippen LogP contribution is -2.44. The topological polar surface area (TPSA) is 78.9 Å². The van der Waals surface area contributed by atoms with Crippen molar-refractivity contribution < 1.29 is 10.0 Å². The number of nitrogens with two attached hydrogens (primary N) is 1. The average Bonchev–Trinajstić information content (AvgIpc) is 2.11. The van der Waals surface area contributed by atoms with Crippen LogP contribution in [0.3, 0.4) is 0 Å². The first kappa shape index (κ1) is 13.7. The largest absolute Gasteiger partial charge is 0.409 e. The second-order valence-electron chi connectivity index (χ2n) is 4.94. The first-order valence-corrected chi connectivity index (χ1v) is 4.92. The van der Waals surface area contributed by atoms with E-state index in [4.69, 9.17) is 10.9 Å². The van der Waals surface area contributed by atoms with Gasteiger partial charge in [0.1, 0.15) is 0 Å². The second kappa shape index (κ2) is 5.00. The van der Waals surface area contributed by atoms with E-state index in [1.54, 1.807) is 14.0 Å². The summed E-state index contributed by atoms with van der Waals surface area (Å²) in [5.74, 6) is 0.0290. The Labute approximate surface area is 90.9 Å². The standard InChI is InChI=1S/C10H21N3O2/c1-7(9(11)12-15)13(5)8(14)6-10(2,3)4/h7,15H,6H2,1-5H3,(H2,11,12). The first-order chi connectivity index (χ1) is 6.69. The zero-order valence-electron chi connectivity index (χ0n) is 10.1. The fourth-order valence-corrected chi connectivity index (χ4v) is 1.08. The molecule has 0 aliphatic heterocycles. The van der Waals surface area contributed by atoms with Crippen LogP contribution in [0.25, 0.3) is 0 Å². The molecule has 1 unspecified atom stereocenters. The molecule has 1 atom stereocenters. The van der Waals surface area contributed by atoms with E-state index in [2.05, 4.69) is 5.16 Å². The molecule has 0 radical (unpaired) electrons. The molecule has 0 heterocycles. The number of hydrogen-bond acceptors (Lipinski definition) is 3. The molecule has 15 heavy (non-hydrogen) atoms. The van der Waals surface area contributed by atoms with Gasteiger partial charge in [-0.3, -0.25) is 4.79 Å². The molecule has 0 fully saturated rings. The summed E-state index contributed by atoms with van der Waals surface area (Å²) in [6, 6.07) is -0.384. The van der Waals surface area contributed by atoms with Crippen LogP contribution in [0.2, 0.25) is 0 Å². The van der Waals surface area contributed by atoms with Crippen LogP contribution in [-0.2, 0) is 4.79 Å². The van der Waals surface area contributed by atoms with Gasteiger partial charge in [0.15, 0.2) is 5.84 Å². The molecule has 0 aliphatic rings. The highest BCUT2D eigenvalue weighted by molar-refractivity contribution is 5.89. The molecular weight excluding hydrogens is 194 g/mol. The van der Waals surface area contributed by atoms with Gasteiger partial charge in [-0.2, -0.15) is 0 Å². The summed E-state index contributed by atoms with van der Waals surface area (Å²) in [5, 5.41) is 11.4. The number of carbonyl (C=O) groups is 1. The fraction of sp³-hybridized carbons (Fsp3) is 0.800. The number of amidine groups is 1. The number of nitrogens with zero attached hydrogens (tertiary/aromatic N) is 2. The molecule has 5 heteroatoms. The summed E-state index contributed by atoms with van der Waals surface area (Å²) in [6.45, 7) is 7.70. The van der Waals surface area contributed by atoms with Crippen molar-refractivity contribution in [3.63, 3.8) is 0 Å². The zero-order valence-corrected chi connectivity index (χ0v) is 10.1. The van der Waals surface area contributed by atoms with Gasteiger partial charge >= 0.3 is 0 Å². The van der Waals surface area contributed by atoms with Gasteiger partial charge in [-0.25, -0.2) is 0 Å². The maximum Gasteiger partial charge on any atom is 0.223 e. The van der Waals surface area contributed by atoms with Gasteiger partial charge in [-0.1, -0.05) is 25.9 Å². The van der Waals surface area contributed by atoms with Gasteiger partial charge in [0.05, 0.1) is 6.04 Å². The Morgan fingerprint density at radius 3 is 2.33 bits per heavy atom. The minimum Gasteiger partial charge on any atom is -0.409 e. The Hall–Kier alpha value is -1.26. The predicted octanol–water partition coefficient (Wildman–Crippen LogP) is 1.02. The molecule has 0 saturated carbocycles. The van der Waals surface area contributed by atoms with E-state index in [-0.39, 0.29) is 23.2 Å². The van der Waals surface area contributed by atoms with Crippen molar-refractivity contribution >= 4 is 11.7 Å². The molecule has 1 amide bonds. The Bertz CT molecular complexity index is 256. The molecule has 0 aliphatic carbocycles. The van der Waals surface area contributed by atoms with Gasteiger partial charge in [0.2, 0.25) is 5.91 Å². The summed E-state index contributed by atoms with van der Waals surface area (Å²) >= 11 is 0. The molecule has 5 nitrogen and oxygen atoms in total. The number of amides is 1. The van der Waals surface area contributed by atoms with Crippen molar-refractivity contribution in [2.24, 2.45) is 16.3 Å². The lowest BCUT2D eigenvalue weighted by Gasteiger charge is -2.27. The maximum atomic E-state index is 11.8. The molecule has 0 aromatic rings. The third-order valence-corrected chi connectivity index (χ3v) is 2.20. The molecule has 0 saturated heterocycles. The summed E-state index contributed by atoms with van der Waals surface area (Å²) in [6.07, 6.45) is 0.437. The van der Waals surface area contributed by atoms with Crippen LogP contribution in [0, 0.1) is 5.41 Å². The van der Waals surface area contributed by atoms with Crippen molar-refractivity contribution in [3.05, 3.63) is 0 Å². The van der Waals surface area contributed by atoms with Crippen molar-refractivity contribution in [2.75, 3.05) is 7.05 Å². The molecule has 0 bridgehead atoms. The summed E-state index contributed by atoms with van der Waals surface area (Å²) in [5.41, 5.74) is 5.37. The first-order valence-electron chi connectivity index (χ1n) is 4.92. The highest BCUT2D eigenvalue weighted by atomic mass is 16.4. The quantitative estimate of drug-likeness (QED) is 0.319. The Kier molecular flexibility index (Phi) is 4.58. The van der Waals surface area contributed by atoms with E-state index in [1.807, 2.05) is 20.8 Å². The van der Waals surface area contributed by atoms with Crippen LogP contribution < -0.4 is 5.73 Å². The maximum absolute atomic E-state index is 11.8. The Balaban J connectivity index is 4.46. The van der Waals surface area contributed by atoms with Gasteiger partial charge in [-0.05, 0) is 12.3 Å². The molecule has 0 aromatic heterocycles. The predicted molar refractivity (Wildman–Crippen MR) is 59.7 cm³/mol. The molecular formula is C10H21N3O2. The van der Waals surface area contributed by atoms with E-state index >= 15 is 0 Å². The number of hydrogen-bond donors (Lipinski definition) is 2. The average molecular weight is 215 g/mol. The summed E-state index contributed by atoms with van der Waals surface area (Å²) in [4.78, 5) is 13.2. The number of rotatable bonds is 3. The minimum absolute atomic E-state index is 0.0124. The number of oxime groups is 1. The van der Waals surface area contributed by atoms with Crippen LogP contribution >= 0.6 is 0 Å². The highest BCUT2D eigenvalue weighted by Crippen LogP contribution is 2.19. The normalized spacial score (nSPS) is 14.9. The molecule has 0 spiro atoms. The van der Waals surface area contributed by atoms with E-state index in [9.17, 15) is 4.79 Å². The number of likely N-dealkylation sites (N-methyl/N-ethyl adjacent to an activating group) is 1. The molecule has 0 aromatic carbocycles. The van der Waals surface area contributed by atoms with E-state index in [1.165, 1.54) is 4.90 Å². The van der Waals surface area contributed by atoms with Gasteiger partial charge in [-0.15, -0.1) is 0 Å². The highest BCUT2D eigenvalue weighted by Gasteiger charge is 2.23. The molecule has 0 rings (SSSR count). The van der Waals surface area contributed by atoms with Crippen LogP contribution in [0.4, 0.5) is 0 Å². The Morgan fingerprint density at radius 2 is 2.00 bits per heavy atom. The van der Waals surface area contributed by atoms with Crippen molar-refractivity contribution in [1.82, 2.24) is 4.90 Å². The van der Waals surface area contributed by atoms with E-state index < -0.39 is 0 Å². The monoisotopic (exact) mass is 215 g/mol. The van der Waals surface area contributed by atoms with Gasteiger partial charge in [0.25, 0.3) is 0 Å². The lowest BCUT2D eigenvalue weighted by molar-refractivity contribution is -0.132. The van der Waals surface area contributed by atoms with E-state index in [0.717, 1.165) is 0 Å². The van der Waals surface area contributed by atoms with Gasteiger partial charge < -0.3 is 15.8 Å². The van der Waals surface area contributed by atoms with E-state index in [0.29, 0.717) is 6.42 Å². The third-order valence-electron chi connectivity index (χ3n) is 2.20. The Morgan fingerprint density at radius 1 is 1.53 bits per heavy atom. The minimum atomic E-state index is -0.384. The van der Waals surface area contributed by atoms with Crippen molar-refractivity contribution in [1.29, 1.82) is 0 Å². The van der Waals surface area contributed by atoms with Crippen LogP contribution in [-0.4, -0.2) is 34.9 Å².